The number of carbonyl (C=O) groups excluding carboxylic acids is 2. The van der Waals surface area contributed by atoms with Gasteiger partial charge in [-0.05, 0) is 54.7 Å². The molecular formula is C27H33FN2O3. The number of hydrogen-bond donors (Lipinski definition) is 0. The maximum Gasteiger partial charge on any atom is 0.250 e. The smallest absolute Gasteiger partial charge is 0.250 e. The number of nitrogens with zero attached hydrogens (tertiary/aromatic N) is 2. The Hall–Kier alpha value is -2.89. The van der Waals surface area contributed by atoms with Crippen LogP contribution in [0.15, 0.2) is 48.5 Å². The van der Waals surface area contributed by atoms with Gasteiger partial charge < -0.3 is 14.5 Å². The van der Waals surface area contributed by atoms with Crippen LogP contribution in [0.4, 0.5) is 4.39 Å². The predicted octanol–water partition coefficient (Wildman–Crippen LogP) is 5.25. The van der Waals surface area contributed by atoms with Crippen LogP contribution in [0, 0.1) is 5.82 Å². The maximum atomic E-state index is 13.8. The topological polar surface area (TPSA) is 49.9 Å². The van der Waals surface area contributed by atoms with E-state index in [1.165, 1.54) is 18.6 Å². The van der Waals surface area contributed by atoms with E-state index in [9.17, 15) is 14.0 Å². The van der Waals surface area contributed by atoms with E-state index in [-0.39, 0.29) is 36.8 Å². The Bertz CT molecular complexity index is 939. The third kappa shape index (κ3) is 5.55. The molecule has 33 heavy (non-hydrogen) atoms. The molecule has 0 bridgehead atoms. The van der Waals surface area contributed by atoms with Crippen molar-refractivity contribution in [2.24, 2.45) is 0 Å². The molecule has 5 nitrogen and oxygen atoms in total. The fraction of sp³-hybridized carbons (Fsp3) is 0.481. The van der Waals surface area contributed by atoms with E-state index in [1.54, 1.807) is 21.9 Å². The summed E-state index contributed by atoms with van der Waals surface area (Å²) in [5, 5.41) is 0. The molecule has 1 saturated carbocycles. The molecule has 0 radical (unpaired) electrons. The fourth-order valence-electron chi connectivity index (χ4n) is 4.82. The minimum atomic E-state index is -0.692. The highest BCUT2D eigenvalue weighted by Crippen LogP contribution is 2.34. The zero-order chi connectivity index (χ0) is 23.2. The van der Waals surface area contributed by atoms with Crippen LogP contribution in [0.3, 0.4) is 0 Å². The molecule has 0 unspecified atom stereocenters. The molecule has 0 N–H and O–H groups in total. The summed E-state index contributed by atoms with van der Waals surface area (Å²) >= 11 is 0. The first-order valence-electron chi connectivity index (χ1n) is 12.1. The van der Waals surface area contributed by atoms with Gasteiger partial charge in [-0.2, -0.15) is 0 Å². The molecule has 1 atom stereocenters. The monoisotopic (exact) mass is 452 g/mol. The molecule has 0 aromatic heterocycles. The number of amides is 2. The Kier molecular flexibility index (Phi) is 7.63. The van der Waals surface area contributed by atoms with Crippen molar-refractivity contribution in [1.82, 2.24) is 9.80 Å². The zero-order valence-electron chi connectivity index (χ0n) is 19.3. The Labute approximate surface area is 195 Å². The van der Waals surface area contributed by atoms with Gasteiger partial charge in [0.05, 0.1) is 6.61 Å². The highest BCUT2D eigenvalue weighted by atomic mass is 19.1. The Morgan fingerprint density at radius 1 is 0.970 bits per heavy atom. The molecule has 2 aromatic carbocycles. The number of carbonyl (C=O) groups is 2. The standard InChI is InChI=1S/C27H33FN2O3/c1-2-3-17-33-24-15-11-21(12-16-24)26-27(32)29(23-7-5-4-6-8-23)19-25(31)30(26)18-20-9-13-22(28)14-10-20/h9-16,23,26H,2-8,17-19H2,1H3/t26-/m1/s1. The molecule has 176 valence electrons. The van der Waals surface area contributed by atoms with Gasteiger partial charge in [-0.1, -0.05) is 56.9 Å². The van der Waals surface area contributed by atoms with Crippen molar-refractivity contribution in [2.45, 2.75) is 70.5 Å². The van der Waals surface area contributed by atoms with Crippen molar-refractivity contribution in [3.63, 3.8) is 0 Å². The van der Waals surface area contributed by atoms with Crippen LogP contribution in [0.2, 0.25) is 0 Å². The second kappa shape index (κ2) is 10.8. The SMILES string of the molecule is CCCCOc1ccc([C@@H]2C(=O)N(C3CCCCC3)CC(=O)N2Cc2ccc(F)cc2)cc1. The van der Waals surface area contributed by atoms with Crippen molar-refractivity contribution in [1.29, 1.82) is 0 Å². The number of hydrogen-bond acceptors (Lipinski definition) is 3. The van der Waals surface area contributed by atoms with Crippen LogP contribution in [-0.4, -0.2) is 40.8 Å². The predicted molar refractivity (Wildman–Crippen MR) is 125 cm³/mol. The van der Waals surface area contributed by atoms with Gasteiger partial charge in [0.15, 0.2) is 0 Å². The highest BCUT2D eigenvalue weighted by Gasteiger charge is 2.42. The van der Waals surface area contributed by atoms with Gasteiger partial charge in [0.2, 0.25) is 5.91 Å². The number of unbranched alkanes of at least 4 members (excludes halogenated alkanes) is 1. The number of halogens is 1. The van der Waals surface area contributed by atoms with Crippen LogP contribution in [-0.2, 0) is 16.1 Å². The summed E-state index contributed by atoms with van der Waals surface area (Å²) < 4.78 is 19.2. The molecule has 2 aromatic rings. The van der Waals surface area contributed by atoms with Crippen molar-refractivity contribution in [3.05, 3.63) is 65.5 Å². The van der Waals surface area contributed by atoms with Gasteiger partial charge in [0.1, 0.15) is 24.2 Å². The molecule has 0 spiro atoms. The lowest BCUT2D eigenvalue weighted by Gasteiger charge is -2.44. The third-order valence-corrected chi connectivity index (χ3v) is 6.70. The lowest BCUT2D eigenvalue weighted by atomic mass is 9.91. The van der Waals surface area contributed by atoms with Crippen LogP contribution < -0.4 is 4.74 Å². The lowest BCUT2D eigenvalue weighted by molar-refractivity contribution is -0.160. The van der Waals surface area contributed by atoms with Gasteiger partial charge in [-0.3, -0.25) is 9.59 Å². The zero-order valence-corrected chi connectivity index (χ0v) is 19.3. The fourth-order valence-corrected chi connectivity index (χ4v) is 4.82. The van der Waals surface area contributed by atoms with Crippen LogP contribution in [0.1, 0.15) is 69.0 Å². The first kappa shape index (κ1) is 23.3. The van der Waals surface area contributed by atoms with Crippen molar-refractivity contribution >= 4 is 11.8 Å². The lowest BCUT2D eigenvalue weighted by Crippen LogP contribution is -2.58. The summed E-state index contributed by atoms with van der Waals surface area (Å²) in [4.78, 5) is 30.5. The molecule has 2 aliphatic rings. The summed E-state index contributed by atoms with van der Waals surface area (Å²) in [5.74, 6) is 0.343. The summed E-state index contributed by atoms with van der Waals surface area (Å²) in [6.07, 6.45) is 7.33. The summed E-state index contributed by atoms with van der Waals surface area (Å²) in [6.45, 7) is 3.15. The van der Waals surface area contributed by atoms with Crippen molar-refractivity contribution < 1.29 is 18.7 Å². The normalized spacial score (nSPS) is 19.8. The molecule has 1 aliphatic carbocycles. The van der Waals surface area contributed by atoms with Crippen molar-refractivity contribution in [3.8, 4) is 5.75 Å². The number of rotatable bonds is 8. The quantitative estimate of drug-likeness (QED) is 0.514. The Morgan fingerprint density at radius 2 is 1.67 bits per heavy atom. The maximum absolute atomic E-state index is 13.8. The van der Waals surface area contributed by atoms with E-state index in [0.717, 1.165) is 55.4 Å². The van der Waals surface area contributed by atoms with E-state index < -0.39 is 6.04 Å². The van der Waals surface area contributed by atoms with E-state index in [2.05, 4.69) is 6.92 Å². The molecule has 1 saturated heterocycles. The number of piperazine rings is 1. The second-order valence-corrected chi connectivity index (χ2v) is 9.08. The molecule has 1 heterocycles. The van der Waals surface area contributed by atoms with Crippen LogP contribution >= 0.6 is 0 Å². The minimum Gasteiger partial charge on any atom is -0.494 e. The molecule has 6 heteroatoms. The molecule has 2 fully saturated rings. The van der Waals surface area contributed by atoms with Crippen LogP contribution in [0.5, 0.6) is 5.75 Å². The minimum absolute atomic E-state index is 0.0248. The number of benzene rings is 2. The molecular weight excluding hydrogens is 419 g/mol. The molecule has 4 rings (SSSR count). The largest absolute Gasteiger partial charge is 0.494 e. The Balaban J connectivity index is 1.60. The van der Waals surface area contributed by atoms with E-state index >= 15 is 0 Å². The molecule has 1 aliphatic heterocycles. The average molecular weight is 453 g/mol. The van der Waals surface area contributed by atoms with E-state index in [4.69, 9.17) is 4.74 Å². The van der Waals surface area contributed by atoms with Gasteiger partial charge >= 0.3 is 0 Å². The van der Waals surface area contributed by atoms with Gasteiger partial charge in [0.25, 0.3) is 5.91 Å². The number of ether oxygens (including phenoxy) is 1. The van der Waals surface area contributed by atoms with Gasteiger partial charge in [0, 0.05) is 12.6 Å². The average Bonchev–Trinajstić information content (AvgIpc) is 2.84. The van der Waals surface area contributed by atoms with E-state index in [1.807, 2.05) is 24.3 Å². The van der Waals surface area contributed by atoms with Gasteiger partial charge in [-0.25, -0.2) is 4.39 Å². The van der Waals surface area contributed by atoms with Crippen molar-refractivity contribution in [2.75, 3.05) is 13.2 Å². The van der Waals surface area contributed by atoms with Gasteiger partial charge in [-0.15, -0.1) is 0 Å². The Morgan fingerprint density at radius 3 is 2.33 bits per heavy atom. The van der Waals surface area contributed by atoms with E-state index in [0.29, 0.717) is 6.61 Å². The summed E-state index contributed by atoms with van der Waals surface area (Å²) in [5.41, 5.74) is 1.58. The first-order chi connectivity index (χ1) is 16.1. The third-order valence-electron chi connectivity index (χ3n) is 6.70. The van der Waals surface area contributed by atoms with Crippen LogP contribution in [0.25, 0.3) is 0 Å². The summed E-state index contributed by atoms with van der Waals surface area (Å²) in [6, 6.07) is 13.1. The first-order valence-corrected chi connectivity index (χ1v) is 12.1. The second-order valence-electron chi connectivity index (χ2n) is 9.08. The molecule has 2 amide bonds. The highest BCUT2D eigenvalue weighted by molar-refractivity contribution is 5.95. The summed E-state index contributed by atoms with van der Waals surface area (Å²) in [7, 11) is 0.